The molecule has 3 heterocycles. The summed E-state index contributed by atoms with van der Waals surface area (Å²) < 4.78 is 12.9. The number of piperazine rings is 1. The molecule has 9 nitrogen and oxygen atoms in total. The van der Waals surface area contributed by atoms with Crippen LogP contribution in [0.2, 0.25) is 0 Å². The summed E-state index contributed by atoms with van der Waals surface area (Å²) in [6.45, 7) is 1.69. The molecule has 0 saturated carbocycles. The summed E-state index contributed by atoms with van der Waals surface area (Å²) in [6.07, 6.45) is 0.533. The van der Waals surface area contributed by atoms with Gasteiger partial charge in [-0.25, -0.2) is 4.98 Å². The molecule has 1 fully saturated rings. The van der Waals surface area contributed by atoms with Gasteiger partial charge in [0.15, 0.2) is 11.5 Å². The first kappa shape index (κ1) is 20.0. The van der Waals surface area contributed by atoms with E-state index < -0.39 is 6.10 Å². The van der Waals surface area contributed by atoms with E-state index in [-0.39, 0.29) is 30.5 Å². The highest BCUT2D eigenvalue weighted by atomic mass is 16.6. The minimum atomic E-state index is -0.700. The Hall–Kier alpha value is -3.88. The molecule has 2 aliphatic rings. The first-order chi connectivity index (χ1) is 15.6. The zero-order valence-electron chi connectivity index (χ0n) is 17.3. The average Bonchev–Trinajstić information content (AvgIpc) is 2.85. The highest BCUT2D eigenvalue weighted by Gasteiger charge is 2.33. The minimum Gasteiger partial charge on any atom is -0.485 e. The topological polar surface area (TPSA) is 94.0 Å². The molecule has 0 bridgehead atoms. The molecular weight excluding hydrogens is 412 g/mol. The first-order valence-electron chi connectivity index (χ1n) is 10.5. The number of amides is 2. The summed E-state index contributed by atoms with van der Waals surface area (Å²) in [5.74, 6) is 0.872. The van der Waals surface area contributed by atoms with Crippen LogP contribution in [0.5, 0.6) is 11.5 Å². The first-order valence-corrected chi connectivity index (χ1v) is 10.5. The number of carbonyl (C=O) groups is 2. The Morgan fingerprint density at radius 3 is 2.44 bits per heavy atom. The maximum atomic E-state index is 12.9. The maximum absolute atomic E-state index is 12.9. The minimum absolute atomic E-state index is 0.0633. The zero-order valence-corrected chi connectivity index (χ0v) is 17.3. The molecular formula is C23H22N4O5. The molecule has 1 aromatic heterocycles. The molecule has 0 aliphatic carbocycles. The number of hydrogen-bond acceptors (Lipinski definition) is 6. The molecule has 164 valence electrons. The molecule has 3 aromatic rings. The number of nitrogens with zero attached hydrogens (tertiary/aromatic N) is 4. The number of fused-ring (bicyclic) bond motifs is 2. The van der Waals surface area contributed by atoms with E-state index in [0.717, 1.165) is 0 Å². The van der Waals surface area contributed by atoms with Crippen molar-refractivity contribution in [3.8, 4) is 11.5 Å². The second-order valence-electron chi connectivity index (χ2n) is 7.74. The van der Waals surface area contributed by atoms with E-state index >= 15 is 0 Å². The van der Waals surface area contributed by atoms with Crippen LogP contribution < -0.4 is 15.0 Å². The summed E-state index contributed by atoms with van der Waals surface area (Å²) in [7, 11) is 0. The number of ether oxygens (including phenoxy) is 2. The van der Waals surface area contributed by atoms with Crippen LogP contribution in [0.25, 0.3) is 11.0 Å². The molecule has 2 amide bonds. The molecule has 0 unspecified atom stereocenters. The predicted molar refractivity (Wildman–Crippen MR) is 116 cm³/mol. The SMILES string of the molecule is O=C(Cn1c(=O)cnc2ccccc21)N1CCN(C(=O)[C@@H]2COc3ccccc3O2)CC1. The predicted octanol–water partition coefficient (Wildman–Crippen LogP) is 0.907. The van der Waals surface area contributed by atoms with Crippen LogP contribution in [0.3, 0.4) is 0 Å². The molecule has 0 spiro atoms. The van der Waals surface area contributed by atoms with Gasteiger partial charge in [0.05, 0.1) is 17.2 Å². The second kappa shape index (κ2) is 8.33. The number of aromatic nitrogens is 2. The molecule has 32 heavy (non-hydrogen) atoms. The molecule has 9 heteroatoms. The van der Waals surface area contributed by atoms with Crippen LogP contribution in [-0.4, -0.2) is 70.1 Å². The van der Waals surface area contributed by atoms with Gasteiger partial charge in [-0.2, -0.15) is 0 Å². The van der Waals surface area contributed by atoms with Gasteiger partial charge in [-0.05, 0) is 24.3 Å². The Bertz CT molecular complexity index is 1230. The molecule has 5 rings (SSSR count). The quantitative estimate of drug-likeness (QED) is 0.608. The van der Waals surface area contributed by atoms with Crippen LogP contribution >= 0.6 is 0 Å². The van der Waals surface area contributed by atoms with E-state index in [4.69, 9.17) is 9.47 Å². The number of benzene rings is 2. The van der Waals surface area contributed by atoms with Crippen molar-refractivity contribution in [1.29, 1.82) is 0 Å². The maximum Gasteiger partial charge on any atom is 0.269 e. The smallest absolute Gasteiger partial charge is 0.269 e. The van der Waals surface area contributed by atoms with Crippen molar-refractivity contribution in [1.82, 2.24) is 19.4 Å². The van der Waals surface area contributed by atoms with E-state index in [0.29, 0.717) is 48.7 Å². The van der Waals surface area contributed by atoms with Crippen LogP contribution in [0.15, 0.2) is 59.5 Å². The van der Waals surface area contributed by atoms with E-state index in [1.54, 1.807) is 34.1 Å². The van der Waals surface area contributed by atoms with Crippen molar-refractivity contribution in [2.75, 3.05) is 32.8 Å². The highest BCUT2D eigenvalue weighted by Crippen LogP contribution is 2.31. The fourth-order valence-corrected chi connectivity index (χ4v) is 4.03. The molecule has 0 radical (unpaired) electrons. The fraction of sp³-hybridized carbons (Fsp3) is 0.304. The lowest BCUT2D eigenvalue weighted by Gasteiger charge is -2.37. The third-order valence-electron chi connectivity index (χ3n) is 5.77. The summed E-state index contributed by atoms with van der Waals surface area (Å²) in [5.41, 5.74) is 0.962. The number of rotatable bonds is 3. The van der Waals surface area contributed by atoms with Gasteiger partial charge in [-0.3, -0.25) is 19.0 Å². The van der Waals surface area contributed by atoms with Crippen LogP contribution in [0.4, 0.5) is 0 Å². The summed E-state index contributed by atoms with van der Waals surface area (Å²) in [4.78, 5) is 45.6. The third kappa shape index (κ3) is 3.77. The lowest BCUT2D eigenvalue weighted by Crippen LogP contribution is -2.55. The lowest BCUT2D eigenvalue weighted by molar-refractivity contribution is -0.146. The van der Waals surface area contributed by atoms with E-state index in [2.05, 4.69) is 4.98 Å². The van der Waals surface area contributed by atoms with Crippen LogP contribution in [0, 0.1) is 0 Å². The van der Waals surface area contributed by atoms with Crippen molar-refractivity contribution < 1.29 is 19.1 Å². The van der Waals surface area contributed by atoms with Gasteiger partial charge in [0.25, 0.3) is 11.5 Å². The van der Waals surface area contributed by atoms with E-state index in [1.807, 2.05) is 24.3 Å². The molecule has 1 saturated heterocycles. The van der Waals surface area contributed by atoms with Crippen molar-refractivity contribution >= 4 is 22.8 Å². The number of hydrogen-bond donors (Lipinski definition) is 0. The molecule has 2 aromatic carbocycles. The normalized spacial score (nSPS) is 17.9. The van der Waals surface area contributed by atoms with Crippen molar-refractivity contribution in [3.05, 3.63) is 65.1 Å². The van der Waals surface area contributed by atoms with Gasteiger partial charge in [-0.15, -0.1) is 0 Å². The Labute approximate surface area is 183 Å². The third-order valence-corrected chi connectivity index (χ3v) is 5.77. The second-order valence-corrected chi connectivity index (χ2v) is 7.74. The largest absolute Gasteiger partial charge is 0.485 e. The number of carbonyl (C=O) groups excluding carboxylic acids is 2. The molecule has 1 atom stereocenters. The van der Waals surface area contributed by atoms with Gasteiger partial charge in [-0.1, -0.05) is 24.3 Å². The Kier molecular flexibility index (Phi) is 5.22. The van der Waals surface area contributed by atoms with Gasteiger partial charge in [0.1, 0.15) is 13.2 Å². The van der Waals surface area contributed by atoms with E-state index in [9.17, 15) is 14.4 Å². The van der Waals surface area contributed by atoms with E-state index in [1.165, 1.54) is 10.8 Å². The highest BCUT2D eigenvalue weighted by molar-refractivity contribution is 5.83. The summed E-state index contributed by atoms with van der Waals surface area (Å²) >= 11 is 0. The van der Waals surface area contributed by atoms with Crippen molar-refractivity contribution in [2.45, 2.75) is 12.6 Å². The Morgan fingerprint density at radius 1 is 0.938 bits per heavy atom. The van der Waals surface area contributed by atoms with Crippen LogP contribution in [-0.2, 0) is 16.1 Å². The Balaban J connectivity index is 1.21. The number of para-hydroxylation sites is 4. The summed E-state index contributed by atoms with van der Waals surface area (Å²) in [5, 5.41) is 0. The van der Waals surface area contributed by atoms with Crippen molar-refractivity contribution in [2.24, 2.45) is 0 Å². The average molecular weight is 434 g/mol. The van der Waals surface area contributed by atoms with Gasteiger partial charge < -0.3 is 19.3 Å². The van der Waals surface area contributed by atoms with Gasteiger partial charge in [0.2, 0.25) is 12.0 Å². The molecule has 2 aliphatic heterocycles. The summed E-state index contributed by atoms with van der Waals surface area (Å²) in [6, 6.07) is 14.5. The monoisotopic (exact) mass is 434 g/mol. The van der Waals surface area contributed by atoms with Gasteiger partial charge >= 0.3 is 0 Å². The van der Waals surface area contributed by atoms with Crippen molar-refractivity contribution in [3.63, 3.8) is 0 Å². The van der Waals surface area contributed by atoms with Crippen LogP contribution in [0.1, 0.15) is 0 Å². The Morgan fingerprint density at radius 2 is 1.62 bits per heavy atom. The van der Waals surface area contributed by atoms with Gasteiger partial charge in [0, 0.05) is 26.2 Å². The lowest BCUT2D eigenvalue weighted by atomic mass is 10.2. The standard InChI is InChI=1S/C23H22N4O5/c28-21-13-24-16-5-1-2-6-17(16)27(21)14-22(29)25-9-11-26(12-10-25)23(30)20-15-31-18-7-3-4-8-19(18)32-20/h1-8,13,20H,9-12,14-15H2/t20-/m0/s1. The fourth-order valence-electron chi connectivity index (χ4n) is 4.03. The zero-order chi connectivity index (χ0) is 22.1. The molecule has 0 N–H and O–H groups in total.